The predicted octanol–water partition coefficient (Wildman–Crippen LogP) is 4.08. The molecular formula is C15H13BrN2O. The van der Waals surface area contributed by atoms with Gasteiger partial charge in [0.05, 0.1) is 7.11 Å². The number of methoxy groups -OCH3 is 1. The van der Waals surface area contributed by atoms with Crippen LogP contribution in [0.4, 0.5) is 0 Å². The average Bonchev–Trinajstić information content (AvgIpc) is 2.75. The van der Waals surface area contributed by atoms with E-state index in [0.717, 1.165) is 27.3 Å². The lowest BCUT2D eigenvalue weighted by Crippen LogP contribution is -1.85. The van der Waals surface area contributed by atoms with Gasteiger partial charge in [0, 0.05) is 11.8 Å². The Balaban J connectivity index is 2.15. The summed E-state index contributed by atoms with van der Waals surface area (Å²) in [6, 6.07) is 12.0. The van der Waals surface area contributed by atoms with Crippen LogP contribution < -0.4 is 4.74 Å². The topological polar surface area (TPSA) is 26.5 Å². The Morgan fingerprint density at radius 1 is 1.16 bits per heavy atom. The molecule has 3 nitrogen and oxygen atoms in total. The summed E-state index contributed by atoms with van der Waals surface area (Å²) in [5.74, 6) is 0.847. The van der Waals surface area contributed by atoms with E-state index in [1.54, 1.807) is 7.11 Å². The molecule has 0 saturated carbocycles. The molecule has 0 aliphatic heterocycles. The van der Waals surface area contributed by atoms with E-state index in [-0.39, 0.29) is 0 Å². The van der Waals surface area contributed by atoms with E-state index >= 15 is 0 Å². The van der Waals surface area contributed by atoms with Gasteiger partial charge < -0.3 is 4.74 Å². The molecule has 0 radical (unpaired) electrons. The second-order valence-electron chi connectivity index (χ2n) is 4.41. The van der Waals surface area contributed by atoms with Crippen LogP contribution in [-0.2, 0) is 0 Å². The first-order valence-electron chi connectivity index (χ1n) is 5.97. The number of aromatic nitrogens is 2. The van der Waals surface area contributed by atoms with Crippen molar-refractivity contribution < 1.29 is 4.74 Å². The normalized spacial score (nSPS) is 10.9. The predicted molar refractivity (Wildman–Crippen MR) is 79.6 cm³/mol. The molecule has 0 aliphatic carbocycles. The Labute approximate surface area is 120 Å². The molecule has 96 valence electrons. The summed E-state index contributed by atoms with van der Waals surface area (Å²) >= 11 is 3.62. The standard InChI is InChI=1S/C15H13BrN2O/c1-10-7-8-18-13(9-10)17-14(15(18)16)11-3-5-12(19-2)6-4-11/h3-9H,1-2H3. The van der Waals surface area contributed by atoms with Crippen molar-refractivity contribution in [3.8, 4) is 17.0 Å². The zero-order valence-electron chi connectivity index (χ0n) is 10.7. The van der Waals surface area contributed by atoms with E-state index in [0.29, 0.717) is 0 Å². The molecule has 2 heterocycles. The Morgan fingerprint density at radius 3 is 2.58 bits per heavy atom. The maximum atomic E-state index is 5.17. The molecule has 3 aromatic rings. The van der Waals surface area contributed by atoms with E-state index < -0.39 is 0 Å². The number of fused-ring (bicyclic) bond motifs is 1. The second kappa shape index (κ2) is 4.70. The summed E-state index contributed by atoms with van der Waals surface area (Å²) in [7, 11) is 1.67. The quantitative estimate of drug-likeness (QED) is 0.712. The molecule has 0 N–H and O–H groups in total. The summed E-state index contributed by atoms with van der Waals surface area (Å²) in [6.45, 7) is 2.07. The maximum absolute atomic E-state index is 5.17. The van der Waals surface area contributed by atoms with Gasteiger partial charge in [-0.15, -0.1) is 0 Å². The number of nitrogens with zero attached hydrogens (tertiary/aromatic N) is 2. The molecule has 0 spiro atoms. The molecule has 0 unspecified atom stereocenters. The highest BCUT2D eigenvalue weighted by molar-refractivity contribution is 9.10. The van der Waals surface area contributed by atoms with Gasteiger partial charge in [0.2, 0.25) is 0 Å². The van der Waals surface area contributed by atoms with Gasteiger partial charge in [-0.25, -0.2) is 4.98 Å². The molecule has 3 rings (SSSR count). The van der Waals surface area contributed by atoms with E-state index in [4.69, 9.17) is 4.74 Å². The Hall–Kier alpha value is -1.81. The number of benzene rings is 1. The van der Waals surface area contributed by atoms with Gasteiger partial charge in [0.1, 0.15) is 21.7 Å². The zero-order chi connectivity index (χ0) is 13.4. The van der Waals surface area contributed by atoms with E-state index in [9.17, 15) is 0 Å². The van der Waals surface area contributed by atoms with Gasteiger partial charge in [-0.2, -0.15) is 0 Å². The molecule has 0 aliphatic rings. The minimum absolute atomic E-state index is 0.847. The summed E-state index contributed by atoms with van der Waals surface area (Å²) in [5.41, 5.74) is 4.14. The van der Waals surface area contributed by atoms with Crippen LogP contribution in [-0.4, -0.2) is 16.5 Å². The van der Waals surface area contributed by atoms with Crippen LogP contribution in [0, 0.1) is 6.92 Å². The van der Waals surface area contributed by atoms with Crippen molar-refractivity contribution in [2.24, 2.45) is 0 Å². The fourth-order valence-electron chi connectivity index (χ4n) is 2.05. The average molecular weight is 317 g/mol. The molecule has 4 heteroatoms. The third kappa shape index (κ3) is 2.12. The number of ether oxygens (including phenoxy) is 1. The SMILES string of the molecule is COc1ccc(-c2nc3cc(C)ccn3c2Br)cc1. The Bertz CT molecular complexity index is 732. The van der Waals surface area contributed by atoms with Gasteiger partial charge in [-0.1, -0.05) is 0 Å². The molecule has 0 bridgehead atoms. The van der Waals surface area contributed by atoms with Gasteiger partial charge >= 0.3 is 0 Å². The van der Waals surface area contributed by atoms with Crippen molar-refractivity contribution in [1.29, 1.82) is 0 Å². The molecule has 0 fully saturated rings. The van der Waals surface area contributed by atoms with E-state index in [1.807, 2.05) is 34.9 Å². The van der Waals surface area contributed by atoms with Gasteiger partial charge in [0.25, 0.3) is 0 Å². The largest absolute Gasteiger partial charge is 0.497 e. The fraction of sp³-hybridized carbons (Fsp3) is 0.133. The third-order valence-corrected chi connectivity index (χ3v) is 3.84. The fourth-order valence-corrected chi connectivity index (χ4v) is 2.67. The minimum atomic E-state index is 0.847. The zero-order valence-corrected chi connectivity index (χ0v) is 12.3. The van der Waals surface area contributed by atoms with Gasteiger partial charge in [-0.05, 0) is 64.8 Å². The lowest BCUT2D eigenvalue weighted by atomic mass is 10.2. The van der Waals surface area contributed by atoms with Crippen LogP contribution in [0.2, 0.25) is 0 Å². The number of hydrogen-bond donors (Lipinski definition) is 0. The second-order valence-corrected chi connectivity index (χ2v) is 5.16. The monoisotopic (exact) mass is 316 g/mol. The number of imidazole rings is 1. The summed E-state index contributed by atoms with van der Waals surface area (Å²) in [5, 5.41) is 0. The number of rotatable bonds is 2. The maximum Gasteiger partial charge on any atom is 0.138 e. The van der Waals surface area contributed by atoms with Crippen molar-refractivity contribution in [2.45, 2.75) is 6.92 Å². The van der Waals surface area contributed by atoms with Crippen molar-refractivity contribution in [1.82, 2.24) is 9.38 Å². The summed E-state index contributed by atoms with van der Waals surface area (Å²) in [6.07, 6.45) is 2.02. The number of halogens is 1. The molecule has 0 atom stereocenters. The van der Waals surface area contributed by atoms with Crippen molar-refractivity contribution in [3.63, 3.8) is 0 Å². The summed E-state index contributed by atoms with van der Waals surface area (Å²) in [4.78, 5) is 4.67. The molecule has 19 heavy (non-hydrogen) atoms. The lowest BCUT2D eigenvalue weighted by molar-refractivity contribution is 0.415. The van der Waals surface area contributed by atoms with Crippen molar-refractivity contribution >= 4 is 21.6 Å². The van der Waals surface area contributed by atoms with Crippen molar-refractivity contribution in [3.05, 3.63) is 52.8 Å². The number of aryl methyl sites for hydroxylation is 1. The molecule has 0 saturated heterocycles. The first-order valence-corrected chi connectivity index (χ1v) is 6.77. The molecule has 0 amide bonds. The van der Waals surface area contributed by atoms with Gasteiger partial charge in [0.15, 0.2) is 0 Å². The van der Waals surface area contributed by atoms with Crippen LogP contribution in [0.3, 0.4) is 0 Å². The first kappa shape index (κ1) is 12.2. The van der Waals surface area contributed by atoms with Gasteiger partial charge in [-0.3, -0.25) is 4.40 Å². The summed E-state index contributed by atoms with van der Waals surface area (Å²) < 4.78 is 8.17. The third-order valence-electron chi connectivity index (χ3n) is 3.09. The van der Waals surface area contributed by atoms with E-state index in [1.165, 1.54) is 5.56 Å². The number of hydrogen-bond acceptors (Lipinski definition) is 2. The van der Waals surface area contributed by atoms with Crippen LogP contribution in [0.5, 0.6) is 5.75 Å². The molecule has 1 aromatic carbocycles. The highest BCUT2D eigenvalue weighted by Crippen LogP contribution is 2.30. The van der Waals surface area contributed by atoms with Crippen LogP contribution in [0.1, 0.15) is 5.56 Å². The van der Waals surface area contributed by atoms with Crippen LogP contribution >= 0.6 is 15.9 Å². The van der Waals surface area contributed by atoms with Crippen molar-refractivity contribution in [2.75, 3.05) is 7.11 Å². The Morgan fingerprint density at radius 2 is 1.89 bits per heavy atom. The number of pyridine rings is 1. The molecular weight excluding hydrogens is 304 g/mol. The molecule has 2 aromatic heterocycles. The first-order chi connectivity index (χ1) is 9.19. The highest BCUT2D eigenvalue weighted by Gasteiger charge is 2.11. The minimum Gasteiger partial charge on any atom is -0.497 e. The van der Waals surface area contributed by atoms with Crippen LogP contribution in [0.15, 0.2) is 47.2 Å². The lowest BCUT2D eigenvalue weighted by Gasteiger charge is -2.01. The highest BCUT2D eigenvalue weighted by atomic mass is 79.9. The van der Waals surface area contributed by atoms with E-state index in [2.05, 4.69) is 40.0 Å². The van der Waals surface area contributed by atoms with Crippen LogP contribution in [0.25, 0.3) is 16.9 Å². The smallest absolute Gasteiger partial charge is 0.138 e. The Kier molecular flexibility index (Phi) is 3.03.